The molecule has 0 aliphatic heterocycles. The quantitative estimate of drug-likeness (QED) is 0.808. The van der Waals surface area contributed by atoms with Crippen LogP contribution in [-0.2, 0) is 0 Å². The Morgan fingerprint density at radius 1 is 1.47 bits per heavy atom. The summed E-state index contributed by atoms with van der Waals surface area (Å²) in [5, 5.41) is 0.359. The molecule has 0 bridgehead atoms. The Labute approximate surface area is 106 Å². The summed E-state index contributed by atoms with van der Waals surface area (Å²) < 4.78 is 13.6. The minimum Gasteiger partial charge on any atom is -0.337 e. The van der Waals surface area contributed by atoms with Gasteiger partial charge in [0.05, 0.1) is 5.56 Å². The number of carbonyl (C=O) groups excluding carboxylic acids is 1. The monoisotopic (exact) mass is 257 g/mol. The molecule has 0 saturated carbocycles. The van der Waals surface area contributed by atoms with Crippen LogP contribution in [-0.4, -0.2) is 23.4 Å². The molecule has 1 aromatic rings. The summed E-state index contributed by atoms with van der Waals surface area (Å²) in [6.07, 6.45) is 0.789. The van der Waals surface area contributed by atoms with Crippen LogP contribution in [0, 0.1) is 5.82 Å². The van der Waals surface area contributed by atoms with Crippen LogP contribution in [0.15, 0.2) is 18.2 Å². The third-order valence-corrected chi connectivity index (χ3v) is 3.47. The molecule has 1 aromatic carbocycles. The molecular weight excluding hydrogens is 241 g/mol. The average Bonchev–Trinajstić information content (AvgIpc) is 2.30. The van der Waals surface area contributed by atoms with Crippen molar-refractivity contribution < 1.29 is 9.18 Å². The predicted octanol–water partition coefficient (Wildman–Crippen LogP) is 3.74. The normalized spacial score (nSPS) is 11.4. The van der Waals surface area contributed by atoms with E-state index < -0.39 is 5.82 Å². The molecule has 0 radical (unpaired) electrons. The number of benzene rings is 1. The Bertz CT molecular complexity index is 431. The summed E-state index contributed by atoms with van der Waals surface area (Å²) in [5.74, 6) is -0.894. The molecule has 0 atom stereocenters. The minimum absolute atomic E-state index is 0.0153. The van der Waals surface area contributed by atoms with E-state index in [9.17, 15) is 9.18 Å². The Hall–Kier alpha value is -1.09. The second-order valence-electron chi connectivity index (χ2n) is 4.65. The zero-order valence-electron chi connectivity index (χ0n) is 10.6. The third-order valence-electron chi connectivity index (χ3n) is 3.24. The van der Waals surface area contributed by atoms with E-state index >= 15 is 0 Å². The Kier molecular flexibility index (Phi) is 4.15. The fourth-order valence-electron chi connectivity index (χ4n) is 1.35. The zero-order chi connectivity index (χ0) is 13.2. The third kappa shape index (κ3) is 2.97. The first kappa shape index (κ1) is 14.0. The van der Waals surface area contributed by atoms with Gasteiger partial charge in [0.1, 0.15) is 5.82 Å². The number of halogens is 2. The van der Waals surface area contributed by atoms with E-state index in [-0.39, 0.29) is 17.0 Å². The molecule has 0 aromatic heterocycles. The molecule has 0 spiro atoms. The van der Waals surface area contributed by atoms with Gasteiger partial charge in [-0.15, -0.1) is 0 Å². The van der Waals surface area contributed by atoms with Gasteiger partial charge in [-0.1, -0.05) is 18.5 Å². The highest BCUT2D eigenvalue weighted by Gasteiger charge is 2.28. The lowest BCUT2D eigenvalue weighted by atomic mass is 9.99. The SMILES string of the molecule is CCC(C)(C)N(C)C(=O)c1cc(Cl)ccc1F. The van der Waals surface area contributed by atoms with Crippen LogP contribution < -0.4 is 0 Å². The maximum atomic E-state index is 13.6. The van der Waals surface area contributed by atoms with E-state index in [1.165, 1.54) is 18.2 Å². The predicted molar refractivity (Wildman–Crippen MR) is 67.9 cm³/mol. The van der Waals surface area contributed by atoms with Crippen molar-refractivity contribution in [1.29, 1.82) is 0 Å². The van der Waals surface area contributed by atoms with E-state index in [1.54, 1.807) is 11.9 Å². The standard InChI is InChI=1S/C13H17ClFNO/c1-5-13(2,3)16(4)12(17)10-8-9(14)6-7-11(10)15/h6-8H,5H2,1-4H3. The van der Waals surface area contributed by atoms with Crippen LogP contribution in [0.3, 0.4) is 0 Å². The number of hydrogen-bond acceptors (Lipinski definition) is 1. The summed E-state index contributed by atoms with van der Waals surface area (Å²) in [5.41, 5.74) is -0.298. The van der Waals surface area contributed by atoms with Crippen molar-refractivity contribution in [2.45, 2.75) is 32.7 Å². The zero-order valence-corrected chi connectivity index (χ0v) is 11.3. The molecule has 0 aliphatic carbocycles. The van der Waals surface area contributed by atoms with Crippen LogP contribution >= 0.6 is 11.6 Å². The topological polar surface area (TPSA) is 20.3 Å². The van der Waals surface area contributed by atoms with E-state index in [0.717, 1.165) is 6.42 Å². The molecule has 0 heterocycles. The highest BCUT2D eigenvalue weighted by molar-refractivity contribution is 6.31. The molecule has 17 heavy (non-hydrogen) atoms. The van der Waals surface area contributed by atoms with Gasteiger partial charge in [0, 0.05) is 17.6 Å². The Morgan fingerprint density at radius 3 is 2.59 bits per heavy atom. The Balaban J connectivity index is 3.08. The van der Waals surface area contributed by atoms with Gasteiger partial charge in [0.15, 0.2) is 0 Å². The average molecular weight is 258 g/mol. The van der Waals surface area contributed by atoms with Crippen LogP contribution in [0.2, 0.25) is 5.02 Å². The van der Waals surface area contributed by atoms with Gasteiger partial charge < -0.3 is 4.90 Å². The van der Waals surface area contributed by atoms with Gasteiger partial charge >= 0.3 is 0 Å². The molecule has 0 unspecified atom stereocenters. The molecule has 0 aliphatic rings. The van der Waals surface area contributed by atoms with E-state index in [2.05, 4.69) is 0 Å². The van der Waals surface area contributed by atoms with Gasteiger partial charge in [0.2, 0.25) is 0 Å². The lowest BCUT2D eigenvalue weighted by Crippen LogP contribution is -2.44. The number of carbonyl (C=O) groups is 1. The van der Waals surface area contributed by atoms with Gasteiger partial charge in [-0.05, 0) is 38.5 Å². The van der Waals surface area contributed by atoms with Crippen molar-refractivity contribution in [3.8, 4) is 0 Å². The van der Waals surface area contributed by atoms with Gasteiger partial charge in [-0.25, -0.2) is 4.39 Å². The summed E-state index contributed by atoms with van der Waals surface area (Å²) in [4.78, 5) is 13.7. The molecule has 1 rings (SSSR count). The first-order chi connectivity index (χ1) is 7.79. The second-order valence-corrected chi connectivity index (χ2v) is 5.09. The largest absolute Gasteiger partial charge is 0.337 e. The first-order valence-electron chi connectivity index (χ1n) is 5.53. The number of rotatable bonds is 3. The number of hydrogen-bond donors (Lipinski definition) is 0. The molecule has 1 amide bonds. The maximum Gasteiger partial charge on any atom is 0.257 e. The summed E-state index contributed by atoms with van der Waals surface area (Å²) in [6.45, 7) is 5.86. The molecule has 4 heteroatoms. The Morgan fingerprint density at radius 2 is 2.06 bits per heavy atom. The summed E-state index contributed by atoms with van der Waals surface area (Å²) in [7, 11) is 1.67. The fourth-order valence-corrected chi connectivity index (χ4v) is 1.53. The van der Waals surface area contributed by atoms with E-state index in [0.29, 0.717) is 5.02 Å². The smallest absolute Gasteiger partial charge is 0.257 e. The first-order valence-corrected chi connectivity index (χ1v) is 5.90. The summed E-state index contributed by atoms with van der Waals surface area (Å²) in [6, 6.07) is 4.00. The van der Waals surface area contributed by atoms with Crippen molar-refractivity contribution >= 4 is 17.5 Å². The van der Waals surface area contributed by atoms with Crippen LogP contribution in [0.1, 0.15) is 37.6 Å². The van der Waals surface area contributed by atoms with E-state index in [4.69, 9.17) is 11.6 Å². The van der Waals surface area contributed by atoms with Crippen LogP contribution in [0.4, 0.5) is 4.39 Å². The van der Waals surface area contributed by atoms with Crippen LogP contribution in [0.25, 0.3) is 0 Å². The van der Waals surface area contributed by atoms with Crippen LogP contribution in [0.5, 0.6) is 0 Å². The fraction of sp³-hybridized carbons (Fsp3) is 0.462. The molecular formula is C13H17ClFNO. The van der Waals surface area contributed by atoms with Crippen molar-refractivity contribution in [3.63, 3.8) is 0 Å². The van der Waals surface area contributed by atoms with Crippen molar-refractivity contribution in [2.24, 2.45) is 0 Å². The highest BCUT2D eigenvalue weighted by atomic mass is 35.5. The molecule has 94 valence electrons. The van der Waals surface area contributed by atoms with Crippen molar-refractivity contribution in [1.82, 2.24) is 4.90 Å². The lowest BCUT2D eigenvalue weighted by molar-refractivity contribution is 0.0615. The van der Waals surface area contributed by atoms with Gasteiger partial charge in [-0.3, -0.25) is 4.79 Å². The van der Waals surface area contributed by atoms with Crippen molar-refractivity contribution in [3.05, 3.63) is 34.6 Å². The highest BCUT2D eigenvalue weighted by Crippen LogP contribution is 2.22. The molecule has 0 N–H and O–H groups in total. The number of amides is 1. The summed E-state index contributed by atoms with van der Waals surface area (Å²) >= 11 is 5.78. The van der Waals surface area contributed by atoms with Gasteiger partial charge in [-0.2, -0.15) is 0 Å². The lowest BCUT2D eigenvalue weighted by Gasteiger charge is -2.35. The molecule has 0 fully saturated rings. The second kappa shape index (κ2) is 5.05. The van der Waals surface area contributed by atoms with E-state index in [1.807, 2.05) is 20.8 Å². The molecule has 0 saturated heterocycles. The van der Waals surface area contributed by atoms with Crippen molar-refractivity contribution in [2.75, 3.05) is 7.05 Å². The molecule has 2 nitrogen and oxygen atoms in total. The van der Waals surface area contributed by atoms with Gasteiger partial charge in [0.25, 0.3) is 5.91 Å². The minimum atomic E-state index is -0.543. The maximum absolute atomic E-state index is 13.6. The number of nitrogens with zero attached hydrogens (tertiary/aromatic N) is 1.